The Kier molecular flexibility index (Phi) is 7.02. The summed E-state index contributed by atoms with van der Waals surface area (Å²) >= 11 is 0. The number of aromatic nitrogens is 2. The summed E-state index contributed by atoms with van der Waals surface area (Å²) in [6.07, 6.45) is 3.80. The molecule has 0 aliphatic carbocycles. The molecule has 0 unspecified atom stereocenters. The van der Waals surface area contributed by atoms with Gasteiger partial charge in [-0.3, -0.25) is 9.69 Å². The summed E-state index contributed by atoms with van der Waals surface area (Å²) in [5.74, 6) is 0.386. The van der Waals surface area contributed by atoms with Crippen molar-refractivity contribution in [2.75, 3.05) is 50.0 Å². The summed E-state index contributed by atoms with van der Waals surface area (Å²) in [7, 11) is 4.07. The number of rotatable bonds is 7. The molecule has 3 heterocycles. The van der Waals surface area contributed by atoms with Gasteiger partial charge in [-0.05, 0) is 54.6 Å². The van der Waals surface area contributed by atoms with Gasteiger partial charge in [0.15, 0.2) is 0 Å². The van der Waals surface area contributed by atoms with Crippen LogP contribution in [0.2, 0.25) is 0 Å². The Hall–Kier alpha value is -3.68. The monoisotopic (exact) mass is 482 g/mol. The minimum Gasteiger partial charge on any atom is -0.351 e. The molecule has 186 valence electrons. The van der Waals surface area contributed by atoms with Gasteiger partial charge in [0.1, 0.15) is 5.82 Å². The minimum absolute atomic E-state index is 0.148. The van der Waals surface area contributed by atoms with Crippen molar-refractivity contribution in [2.45, 2.75) is 13.5 Å². The third-order valence-electron chi connectivity index (χ3n) is 7.14. The topological polar surface area (TPSA) is 56.6 Å². The van der Waals surface area contributed by atoms with E-state index in [0.29, 0.717) is 11.4 Å². The fourth-order valence-electron chi connectivity index (χ4n) is 4.84. The van der Waals surface area contributed by atoms with Gasteiger partial charge >= 0.3 is 0 Å². The summed E-state index contributed by atoms with van der Waals surface area (Å²) in [6, 6.07) is 20.3. The quantitative estimate of drug-likeness (QED) is 0.413. The van der Waals surface area contributed by atoms with E-state index in [1.807, 2.05) is 44.4 Å². The fraction of sp³-hybridized carbons (Fsp3) is 0.310. The number of anilines is 3. The molecule has 1 fully saturated rings. The van der Waals surface area contributed by atoms with E-state index in [-0.39, 0.29) is 5.91 Å². The normalized spacial score (nSPS) is 14.8. The van der Waals surface area contributed by atoms with E-state index in [9.17, 15) is 4.79 Å². The first kappa shape index (κ1) is 24.0. The number of likely N-dealkylation sites (N-methyl/N-ethyl adjacent to an activating group) is 1. The van der Waals surface area contributed by atoms with Crippen molar-refractivity contribution >= 4 is 34.0 Å². The SMILES string of the molecule is CCN1CCN(Cc2cccc(C(=O)Nc3cc(N(C)c4ccc5c(ccn5C)c4)ccn3)c2)CC1. The molecule has 7 heteroatoms. The molecule has 4 aromatic rings. The Morgan fingerprint density at radius 2 is 1.75 bits per heavy atom. The minimum atomic E-state index is -0.148. The molecule has 36 heavy (non-hydrogen) atoms. The van der Waals surface area contributed by atoms with Crippen LogP contribution in [0.25, 0.3) is 10.9 Å². The van der Waals surface area contributed by atoms with Crippen molar-refractivity contribution in [1.82, 2.24) is 19.4 Å². The highest BCUT2D eigenvalue weighted by atomic mass is 16.1. The Balaban J connectivity index is 1.26. The molecule has 1 amide bonds. The van der Waals surface area contributed by atoms with Gasteiger partial charge in [0.25, 0.3) is 5.91 Å². The summed E-state index contributed by atoms with van der Waals surface area (Å²) in [5.41, 5.74) is 5.03. The van der Waals surface area contributed by atoms with Crippen LogP contribution in [-0.4, -0.2) is 65.0 Å². The van der Waals surface area contributed by atoms with Crippen molar-refractivity contribution < 1.29 is 4.79 Å². The third-order valence-corrected chi connectivity index (χ3v) is 7.14. The number of benzene rings is 2. The van der Waals surface area contributed by atoms with Crippen LogP contribution in [0.15, 0.2) is 73.1 Å². The fourth-order valence-corrected chi connectivity index (χ4v) is 4.84. The van der Waals surface area contributed by atoms with Crippen molar-refractivity contribution in [1.29, 1.82) is 0 Å². The summed E-state index contributed by atoms with van der Waals surface area (Å²) in [4.78, 5) is 24.5. The average molecular weight is 483 g/mol. The van der Waals surface area contributed by atoms with Crippen molar-refractivity contribution in [3.63, 3.8) is 0 Å². The second kappa shape index (κ2) is 10.5. The molecule has 1 saturated heterocycles. The molecule has 7 nitrogen and oxygen atoms in total. The molecular weight excluding hydrogens is 448 g/mol. The first-order chi connectivity index (χ1) is 17.5. The van der Waals surface area contributed by atoms with Gasteiger partial charge in [-0.2, -0.15) is 0 Å². The smallest absolute Gasteiger partial charge is 0.256 e. The molecule has 0 saturated carbocycles. The maximum absolute atomic E-state index is 13.1. The second-order valence-corrected chi connectivity index (χ2v) is 9.49. The summed E-state index contributed by atoms with van der Waals surface area (Å²) in [5, 5.41) is 4.17. The molecule has 5 rings (SSSR count). The number of nitrogens with one attached hydrogen (secondary N) is 1. The van der Waals surface area contributed by atoms with Crippen LogP contribution in [0.3, 0.4) is 0 Å². The van der Waals surface area contributed by atoms with Crippen LogP contribution in [-0.2, 0) is 13.6 Å². The molecule has 1 aliphatic rings. The van der Waals surface area contributed by atoms with Gasteiger partial charge in [-0.15, -0.1) is 0 Å². The van der Waals surface area contributed by atoms with E-state index < -0.39 is 0 Å². The standard InChI is InChI=1S/C29H34N6O/c1-4-34-14-16-35(17-15-34)21-22-6-5-7-24(18-22)29(36)31-28-20-26(10-12-30-28)33(3)25-8-9-27-23(19-25)11-13-32(27)2/h5-13,18-20H,4,14-17,21H2,1-3H3,(H,30,31,36). The lowest BCUT2D eigenvalue weighted by Gasteiger charge is -2.34. The van der Waals surface area contributed by atoms with Crippen LogP contribution < -0.4 is 10.2 Å². The van der Waals surface area contributed by atoms with Crippen molar-refractivity contribution in [3.05, 3.63) is 84.2 Å². The molecule has 2 aromatic heterocycles. The van der Waals surface area contributed by atoms with E-state index in [2.05, 4.69) is 73.0 Å². The van der Waals surface area contributed by atoms with E-state index in [0.717, 1.165) is 56.2 Å². The van der Waals surface area contributed by atoms with Gasteiger partial charge in [0.05, 0.1) is 0 Å². The first-order valence-corrected chi connectivity index (χ1v) is 12.6. The zero-order valence-electron chi connectivity index (χ0n) is 21.3. The molecular formula is C29H34N6O. The number of nitrogens with zero attached hydrogens (tertiary/aromatic N) is 5. The Morgan fingerprint density at radius 1 is 0.972 bits per heavy atom. The maximum Gasteiger partial charge on any atom is 0.256 e. The van der Waals surface area contributed by atoms with Crippen LogP contribution in [0.1, 0.15) is 22.8 Å². The van der Waals surface area contributed by atoms with Gasteiger partial charge in [-0.1, -0.05) is 19.1 Å². The van der Waals surface area contributed by atoms with Crippen molar-refractivity contribution in [2.24, 2.45) is 7.05 Å². The van der Waals surface area contributed by atoms with Crippen molar-refractivity contribution in [3.8, 4) is 0 Å². The number of amides is 1. The van der Waals surface area contributed by atoms with Crippen LogP contribution in [0.5, 0.6) is 0 Å². The first-order valence-electron chi connectivity index (χ1n) is 12.6. The van der Waals surface area contributed by atoms with Crippen LogP contribution in [0.4, 0.5) is 17.2 Å². The maximum atomic E-state index is 13.1. The molecule has 0 atom stereocenters. The lowest BCUT2D eigenvalue weighted by atomic mass is 10.1. The Morgan fingerprint density at radius 3 is 2.56 bits per heavy atom. The molecule has 1 N–H and O–H groups in total. The number of carbonyl (C=O) groups is 1. The van der Waals surface area contributed by atoms with E-state index in [4.69, 9.17) is 0 Å². The number of hydrogen-bond acceptors (Lipinski definition) is 5. The highest BCUT2D eigenvalue weighted by molar-refractivity contribution is 6.04. The number of carbonyl (C=O) groups excluding carboxylic acids is 1. The van der Waals surface area contributed by atoms with E-state index in [1.165, 1.54) is 10.9 Å². The number of aryl methyl sites for hydroxylation is 1. The molecule has 2 aromatic carbocycles. The second-order valence-electron chi connectivity index (χ2n) is 9.49. The number of pyridine rings is 1. The lowest BCUT2D eigenvalue weighted by Crippen LogP contribution is -2.45. The molecule has 1 aliphatic heterocycles. The van der Waals surface area contributed by atoms with E-state index in [1.54, 1.807) is 6.20 Å². The number of piperazine rings is 1. The summed E-state index contributed by atoms with van der Waals surface area (Å²) in [6.45, 7) is 8.51. The van der Waals surface area contributed by atoms with E-state index >= 15 is 0 Å². The van der Waals surface area contributed by atoms with Gasteiger partial charge in [0, 0.05) is 93.1 Å². The van der Waals surface area contributed by atoms with Crippen LogP contribution in [0, 0.1) is 0 Å². The molecule has 0 radical (unpaired) electrons. The largest absolute Gasteiger partial charge is 0.351 e. The molecule has 0 bridgehead atoms. The lowest BCUT2D eigenvalue weighted by molar-refractivity contribution is 0.102. The predicted molar refractivity (Wildman–Crippen MR) is 147 cm³/mol. The highest BCUT2D eigenvalue weighted by Crippen LogP contribution is 2.28. The number of hydrogen-bond donors (Lipinski definition) is 1. The Labute approximate surface area is 213 Å². The average Bonchev–Trinajstić information content (AvgIpc) is 3.29. The van der Waals surface area contributed by atoms with Crippen LogP contribution >= 0.6 is 0 Å². The van der Waals surface area contributed by atoms with Gasteiger partial charge < -0.3 is 19.7 Å². The number of fused-ring (bicyclic) bond motifs is 1. The third kappa shape index (κ3) is 5.27. The predicted octanol–water partition coefficient (Wildman–Crippen LogP) is 4.73. The zero-order valence-corrected chi connectivity index (χ0v) is 21.3. The zero-order chi connectivity index (χ0) is 25.1. The Bertz CT molecular complexity index is 1350. The summed E-state index contributed by atoms with van der Waals surface area (Å²) < 4.78 is 2.11. The van der Waals surface area contributed by atoms with Gasteiger partial charge in [0.2, 0.25) is 0 Å². The highest BCUT2D eigenvalue weighted by Gasteiger charge is 2.16. The molecule has 0 spiro atoms. The van der Waals surface area contributed by atoms with Gasteiger partial charge in [-0.25, -0.2) is 4.98 Å².